The van der Waals surface area contributed by atoms with Crippen molar-refractivity contribution in [2.45, 2.75) is 12.1 Å². The van der Waals surface area contributed by atoms with Crippen LogP contribution < -0.4 is 10.6 Å². The van der Waals surface area contributed by atoms with Gasteiger partial charge in [-0.15, -0.1) is 0 Å². The minimum Gasteiger partial charge on any atom is -0.378 e. The summed E-state index contributed by atoms with van der Waals surface area (Å²) in [7, 11) is 1.66. The molecule has 1 unspecified atom stereocenters. The molecule has 5 nitrogen and oxygen atoms in total. The lowest BCUT2D eigenvalue weighted by atomic mass is 10.1. The van der Waals surface area contributed by atoms with E-state index in [0.29, 0.717) is 5.56 Å². The number of hydrogen-bond donors (Lipinski definition) is 2. The zero-order chi connectivity index (χ0) is 13.9. The van der Waals surface area contributed by atoms with Crippen LogP contribution in [0.2, 0.25) is 0 Å². The van der Waals surface area contributed by atoms with Gasteiger partial charge in [0.25, 0.3) is 5.91 Å². The average molecular weight is 271 g/mol. The van der Waals surface area contributed by atoms with Crippen LogP contribution in [0.4, 0.5) is 0 Å². The predicted octanol–water partition coefficient (Wildman–Crippen LogP) is 0.951. The fourth-order valence-electron chi connectivity index (χ4n) is 2.58. The largest absolute Gasteiger partial charge is 0.378 e. The fourth-order valence-corrected chi connectivity index (χ4v) is 2.58. The molecule has 0 saturated carbocycles. The number of carbonyl (C=O) groups excluding carboxylic acids is 1. The first-order valence-electron chi connectivity index (χ1n) is 6.67. The molecule has 1 aromatic heterocycles. The lowest BCUT2D eigenvalue weighted by molar-refractivity contribution is 0.0781. The van der Waals surface area contributed by atoms with Crippen LogP contribution >= 0.6 is 0 Å². The van der Waals surface area contributed by atoms with E-state index in [1.54, 1.807) is 19.4 Å². The van der Waals surface area contributed by atoms with Gasteiger partial charge >= 0.3 is 0 Å². The maximum atomic E-state index is 12.4. The molecule has 1 aliphatic rings. The van der Waals surface area contributed by atoms with Crippen molar-refractivity contribution in [1.29, 1.82) is 0 Å². The van der Waals surface area contributed by atoms with E-state index in [2.05, 4.69) is 15.6 Å². The van der Waals surface area contributed by atoms with Gasteiger partial charge < -0.3 is 15.4 Å². The fraction of sp³-hybridized carbons (Fsp3) is 0.333. The van der Waals surface area contributed by atoms with E-state index in [1.807, 2.05) is 24.3 Å². The zero-order valence-corrected chi connectivity index (χ0v) is 11.3. The SMILES string of the molecule is CO[C@H]1CNCC1NC(=O)c1cccc2cccnc12. The van der Waals surface area contributed by atoms with Crippen LogP contribution in [-0.2, 0) is 4.74 Å². The highest BCUT2D eigenvalue weighted by Crippen LogP contribution is 2.16. The molecular weight excluding hydrogens is 254 g/mol. The molecule has 1 aromatic carbocycles. The van der Waals surface area contributed by atoms with E-state index in [9.17, 15) is 4.79 Å². The summed E-state index contributed by atoms with van der Waals surface area (Å²) < 4.78 is 5.36. The molecule has 0 radical (unpaired) electrons. The number of hydrogen-bond acceptors (Lipinski definition) is 4. The number of benzene rings is 1. The van der Waals surface area contributed by atoms with Crippen LogP contribution in [0, 0.1) is 0 Å². The van der Waals surface area contributed by atoms with Crippen molar-refractivity contribution in [1.82, 2.24) is 15.6 Å². The van der Waals surface area contributed by atoms with Gasteiger partial charge in [0.15, 0.2) is 0 Å². The average Bonchev–Trinajstić information content (AvgIpc) is 2.93. The van der Waals surface area contributed by atoms with Gasteiger partial charge in [-0.25, -0.2) is 0 Å². The molecule has 1 saturated heterocycles. The quantitative estimate of drug-likeness (QED) is 0.872. The van der Waals surface area contributed by atoms with Crippen molar-refractivity contribution in [3.8, 4) is 0 Å². The Morgan fingerprint density at radius 2 is 2.20 bits per heavy atom. The van der Waals surface area contributed by atoms with Gasteiger partial charge in [0.1, 0.15) is 0 Å². The second kappa shape index (κ2) is 5.56. The third kappa shape index (κ3) is 2.37. The first-order chi connectivity index (χ1) is 9.79. The molecule has 1 amide bonds. The van der Waals surface area contributed by atoms with Crippen molar-refractivity contribution in [3.63, 3.8) is 0 Å². The van der Waals surface area contributed by atoms with Crippen molar-refractivity contribution >= 4 is 16.8 Å². The van der Waals surface area contributed by atoms with Crippen LogP contribution in [-0.4, -0.2) is 43.2 Å². The molecular formula is C15H17N3O2. The number of methoxy groups -OCH3 is 1. The van der Waals surface area contributed by atoms with Gasteiger partial charge in [0.2, 0.25) is 0 Å². The summed E-state index contributed by atoms with van der Waals surface area (Å²) in [4.78, 5) is 16.7. The normalized spacial score (nSPS) is 22.1. The number of aromatic nitrogens is 1. The topological polar surface area (TPSA) is 63.2 Å². The first kappa shape index (κ1) is 13.0. The predicted molar refractivity (Wildman–Crippen MR) is 76.7 cm³/mol. The van der Waals surface area contributed by atoms with Gasteiger partial charge in [-0.1, -0.05) is 18.2 Å². The second-order valence-corrected chi connectivity index (χ2v) is 4.89. The minimum atomic E-state index is -0.106. The molecule has 0 spiro atoms. The number of nitrogens with one attached hydrogen (secondary N) is 2. The molecule has 1 aliphatic heterocycles. The molecule has 1 fully saturated rings. The smallest absolute Gasteiger partial charge is 0.253 e. The summed E-state index contributed by atoms with van der Waals surface area (Å²) in [5.41, 5.74) is 1.33. The Kier molecular flexibility index (Phi) is 3.62. The highest BCUT2D eigenvalue weighted by Gasteiger charge is 2.28. The van der Waals surface area contributed by atoms with E-state index in [0.717, 1.165) is 24.0 Å². The van der Waals surface area contributed by atoms with Gasteiger partial charge in [-0.3, -0.25) is 9.78 Å². The van der Waals surface area contributed by atoms with E-state index in [-0.39, 0.29) is 18.1 Å². The second-order valence-electron chi connectivity index (χ2n) is 4.89. The van der Waals surface area contributed by atoms with Crippen LogP contribution in [0.1, 0.15) is 10.4 Å². The summed E-state index contributed by atoms with van der Waals surface area (Å²) in [5, 5.41) is 7.20. The Labute approximate surface area is 117 Å². The van der Waals surface area contributed by atoms with E-state index < -0.39 is 0 Å². The molecule has 104 valence electrons. The molecule has 2 aromatic rings. The summed E-state index contributed by atoms with van der Waals surface area (Å²) in [6.45, 7) is 1.48. The number of ether oxygens (including phenoxy) is 1. The number of pyridine rings is 1. The number of carbonyl (C=O) groups is 1. The lowest BCUT2D eigenvalue weighted by Gasteiger charge is -2.18. The Morgan fingerprint density at radius 1 is 1.35 bits per heavy atom. The number of nitrogens with zero attached hydrogens (tertiary/aromatic N) is 1. The molecule has 0 aliphatic carbocycles. The maximum Gasteiger partial charge on any atom is 0.253 e. The zero-order valence-electron chi connectivity index (χ0n) is 11.3. The monoisotopic (exact) mass is 271 g/mol. The number of rotatable bonds is 3. The van der Waals surface area contributed by atoms with Crippen LogP contribution in [0.5, 0.6) is 0 Å². The third-order valence-corrected chi connectivity index (χ3v) is 3.66. The Balaban J connectivity index is 1.86. The van der Waals surface area contributed by atoms with Crippen LogP contribution in [0.15, 0.2) is 36.5 Å². The van der Waals surface area contributed by atoms with E-state index in [4.69, 9.17) is 4.74 Å². The van der Waals surface area contributed by atoms with Crippen molar-refractivity contribution < 1.29 is 9.53 Å². The highest BCUT2D eigenvalue weighted by atomic mass is 16.5. The highest BCUT2D eigenvalue weighted by molar-refractivity contribution is 6.05. The van der Waals surface area contributed by atoms with Crippen molar-refractivity contribution in [2.75, 3.05) is 20.2 Å². The van der Waals surface area contributed by atoms with Crippen molar-refractivity contribution in [2.24, 2.45) is 0 Å². The third-order valence-electron chi connectivity index (χ3n) is 3.66. The van der Waals surface area contributed by atoms with Gasteiger partial charge in [0.05, 0.1) is 23.2 Å². The lowest BCUT2D eigenvalue weighted by Crippen LogP contribution is -2.43. The first-order valence-corrected chi connectivity index (χ1v) is 6.67. The van der Waals surface area contributed by atoms with E-state index >= 15 is 0 Å². The molecule has 3 rings (SSSR count). The van der Waals surface area contributed by atoms with Gasteiger partial charge in [-0.2, -0.15) is 0 Å². The molecule has 5 heteroatoms. The van der Waals surface area contributed by atoms with Gasteiger partial charge in [-0.05, 0) is 12.1 Å². The molecule has 2 N–H and O–H groups in total. The number of para-hydroxylation sites is 1. The summed E-state index contributed by atoms with van der Waals surface area (Å²) in [5.74, 6) is -0.106. The summed E-state index contributed by atoms with van der Waals surface area (Å²) >= 11 is 0. The van der Waals surface area contributed by atoms with Crippen LogP contribution in [0.25, 0.3) is 10.9 Å². The number of fused-ring (bicyclic) bond motifs is 1. The molecule has 2 heterocycles. The Morgan fingerprint density at radius 3 is 3.05 bits per heavy atom. The minimum absolute atomic E-state index is 0.00790. The Hall–Kier alpha value is -1.98. The summed E-state index contributed by atoms with van der Waals surface area (Å²) in [6, 6.07) is 9.44. The van der Waals surface area contributed by atoms with Gasteiger partial charge in [0, 0.05) is 31.8 Å². The van der Waals surface area contributed by atoms with Crippen molar-refractivity contribution in [3.05, 3.63) is 42.1 Å². The Bertz CT molecular complexity index is 624. The summed E-state index contributed by atoms with van der Waals surface area (Å²) in [6.07, 6.45) is 1.72. The molecule has 20 heavy (non-hydrogen) atoms. The maximum absolute atomic E-state index is 12.4. The molecule has 2 atom stereocenters. The standard InChI is InChI=1S/C15H17N3O2/c1-20-13-9-16-8-12(13)18-15(19)11-6-2-4-10-5-3-7-17-14(10)11/h2-7,12-13,16H,8-9H2,1H3,(H,18,19)/t12?,13-/m0/s1. The number of amides is 1. The molecule has 0 bridgehead atoms. The van der Waals surface area contributed by atoms with E-state index in [1.165, 1.54) is 0 Å². The van der Waals surface area contributed by atoms with Crippen LogP contribution in [0.3, 0.4) is 0 Å².